The van der Waals surface area contributed by atoms with Gasteiger partial charge in [-0.1, -0.05) is 6.92 Å². The summed E-state index contributed by atoms with van der Waals surface area (Å²) < 4.78 is 0. The summed E-state index contributed by atoms with van der Waals surface area (Å²) in [5.41, 5.74) is 7.44. The molecule has 2 rings (SSSR count). The van der Waals surface area contributed by atoms with Gasteiger partial charge in [0.05, 0.1) is 0 Å². The Bertz CT molecular complexity index is 378. The maximum absolute atomic E-state index is 5.94. The van der Waals surface area contributed by atoms with E-state index in [-0.39, 0.29) is 12.4 Å². The molecule has 1 aromatic heterocycles. The van der Waals surface area contributed by atoms with Crippen LogP contribution in [0.25, 0.3) is 0 Å². The Hall–Kier alpha value is -0.0900. The number of nitrogens with zero attached hydrogens (tertiary/aromatic N) is 1. The number of nitrogens with two attached hydrogens (primary N) is 1. The van der Waals surface area contributed by atoms with Crippen molar-refractivity contribution in [2.24, 2.45) is 11.7 Å². The second kappa shape index (κ2) is 6.90. The second-order valence-electron chi connectivity index (χ2n) is 5.33. The lowest BCUT2D eigenvalue weighted by Crippen LogP contribution is -2.48. The molecular formula is C14H25ClN2S. The van der Waals surface area contributed by atoms with E-state index in [1.54, 1.807) is 0 Å². The van der Waals surface area contributed by atoms with Crippen molar-refractivity contribution in [3.8, 4) is 0 Å². The quantitative estimate of drug-likeness (QED) is 0.924. The zero-order chi connectivity index (χ0) is 12.4. The van der Waals surface area contributed by atoms with Crippen LogP contribution in [0.4, 0.5) is 0 Å². The first-order chi connectivity index (χ1) is 8.11. The smallest absolute Gasteiger partial charge is 0.0248 e. The molecule has 0 amide bonds. The van der Waals surface area contributed by atoms with Crippen LogP contribution in [0, 0.1) is 19.8 Å². The molecule has 0 aromatic carbocycles. The summed E-state index contributed by atoms with van der Waals surface area (Å²) in [5.74, 6) is 0.744. The zero-order valence-corrected chi connectivity index (χ0v) is 13.2. The minimum Gasteiger partial charge on any atom is -0.329 e. The molecule has 1 aliphatic heterocycles. The highest BCUT2D eigenvalue weighted by atomic mass is 35.5. The molecule has 1 saturated heterocycles. The molecule has 0 saturated carbocycles. The molecule has 1 aliphatic rings. The standard InChI is InChI=1S/C14H24N2S.ClH/c1-10-5-4-6-16(14(10)8-15)9-13-7-11(2)17-12(13)3;/h7,10,14H,4-6,8-9,15H2,1-3H3;1H. The molecule has 0 spiro atoms. The van der Waals surface area contributed by atoms with Crippen LogP contribution in [0.3, 0.4) is 0 Å². The number of halogens is 1. The van der Waals surface area contributed by atoms with Gasteiger partial charge in [-0.3, -0.25) is 4.90 Å². The molecule has 2 nitrogen and oxygen atoms in total. The van der Waals surface area contributed by atoms with Crippen molar-refractivity contribution in [1.29, 1.82) is 0 Å². The topological polar surface area (TPSA) is 29.3 Å². The highest BCUT2D eigenvalue weighted by molar-refractivity contribution is 7.12. The average molecular weight is 289 g/mol. The van der Waals surface area contributed by atoms with Crippen LogP contribution in [-0.4, -0.2) is 24.0 Å². The molecule has 0 aliphatic carbocycles. The van der Waals surface area contributed by atoms with Crippen LogP contribution >= 0.6 is 23.7 Å². The van der Waals surface area contributed by atoms with Gasteiger partial charge in [-0.2, -0.15) is 0 Å². The summed E-state index contributed by atoms with van der Waals surface area (Å²) in [7, 11) is 0. The fourth-order valence-corrected chi connectivity index (χ4v) is 3.91. The molecule has 1 fully saturated rings. The molecule has 2 heterocycles. The van der Waals surface area contributed by atoms with Gasteiger partial charge < -0.3 is 5.73 Å². The average Bonchev–Trinajstić information content (AvgIpc) is 2.58. The number of thiophene rings is 1. The predicted molar refractivity (Wildman–Crippen MR) is 82.7 cm³/mol. The lowest BCUT2D eigenvalue weighted by atomic mass is 9.90. The van der Waals surface area contributed by atoms with Crippen LogP contribution < -0.4 is 5.73 Å². The molecule has 2 unspecified atom stereocenters. The highest BCUT2D eigenvalue weighted by Crippen LogP contribution is 2.27. The Morgan fingerprint density at radius 1 is 1.44 bits per heavy atom. The summed E-state index contributed by atoms with van der Waals surface area (Å²) in [6, 6.07) is 2.91. The van der Waals surface area contributed by atoms with Gasteiger partial charge in [0, 0.05) is 28.9 Å². The Balaban J connectivity index is 0.00000162. The van der Waals surface area contributed by atoms with E-state index in [4.69, 9.17) is 5.73 Å². The largest absolute Gasteiger partial charge is 0.329 e. The first-order valence-corrected chi connectivity index (χ1v) is 7.43. The molecule has 0 radical (unpaired) electrons. The summed E-state index contributed by atoms with van der Waals surface area (Å²) >= 11 is 1.91. The minimum atomic E-state index is 0. The van der Waals surface area contributed by atoms with Gasteiger partial charge in [0.1, 0.15) is 0 Å². The Morgan fingerprint density at radius 3 is 2.72 bits per heavy atom. The third-order valence-electron chi connectivity index (χ3n) is 3.99. The molecule has 2 atom stereocenters. The van der Waals surface area contributed by atoms with Gasteiger partial charge in [-0.05, 0) is 50.8 Å². The zero-order valence-electron chi connectivity index (χ0n) is 11.6. The molecule has 104 valence electrons. The maximum atomic E-state index is 5.94. The number of piperidine rings is 1. The lowest BCUT2D eigenvalue weighted by Gasteiger charge is -2.39. The van der Waals surface area contributed by atoms with Crippen molar-refractivity contribution in [2.45, 2.75) is 46.2 Å². The van der Waals surface area contributed by atoms with E-state index < -0.39 is 0 Å². The Kier molecular flexibility index (Phi) is 6.12. The summed E-state index contributed by atoms with van der Waals surface area (Å²) in [6.07, 6.45) is 2.65. The number of likely N-dealkylation sites (tertiary alicyclic amines) is 1. The van der Waals surface area contributed by atoms with Crippen LogP contribution in [0.5, 0.6) is 0 Å². The van der Waals surface area contributed by atoms with Gasteiger partial charge in [0.25, 0.3) is 0 Å². The van der Waals surface area contributed by atoms with Gasteiger partial charge in [-0.25, -0.2) is 0 Å². The van der Waals surface area contributed by atoms with Gasteiger partial charge in [0.15, 0.2) is 0 Å². The van der Waals surface area contributed by atoms with Crippen LogP contribution in [-0.2, 0) is 6.54 Å². The fraction of sp³-hybridized carbons (Fsp3) is 0.714. The van der Waals surface area contributed by atoms with Crippen molar-refractivity contribution in [3.63, 3.8) is 0 Å². The van der Waals surface area contributed by atoms with Crippen molar-refractivity contribution in [2.75, 3.05) is 13.1 Å². The SMILES string of the molecule is Cc1cc(CN2CCCC(C)C2CN)c(C)s1.Cl. The van der Waals surface area contributed by atoms with E-state index >= 15 is 0 Å². The minimum absolute atomic E-state index is 0. The summed E-state index contributed by atoms with van der Waals surface area (Å²) in [6.45, 7) is 9.86. The molecular weight excluding hydrogens is 264 g/mol. The van der Waals surface area contributed by atoms with E-state index in [2.05, 4.69) is 31.7 Å². The summed E-state index contributed by atoms with van der Waals surface area (Å²) in [5, 5.41) is 0. The monoisotopic (exact) mass is 288 g/mol. The van der Waals surface area contributed by atoms with E-state index in [1.807, 2.05) is 11.3 Å². The van der Waals surface area contributed by atoms with E-state index in [9.17, 15) is 0 Å². The predicted octanol–water partition coefficient (Wildman–Crippen LogP) is 3.35. The van der Waals surface area contributed by atoms with Crippen LogP contribution in [0.2, 0.25) is 0 Å². The Morgan fingerprint density at radius 2 is 2.17 bits per heavy atom. The molecule has 18 heavy (non-hydrogen) atoms. The first-order valence-electron chi connectivity index (χ1n) is 6.62. The molecule has 4 heteroatoms. The first kappa shape index (κ1) is 16.0. The van der Waals surface area contributed by atoms with Crippen molar-refractivity contribution in [1.82, 2.24) is 4.90 Å². The lowest BCUT2D eigenvalue weighted by molar-refractivity contribution is 0.0990. The number of rotatable bonds is 3. The Labute approximate surface area is 121 Å². The van der Waals surface area contributed by atoms with Crippen molar-refractivity contribution >= 4 is 23.7 Å². The van der Waals surface area contributed by atoms with Gasteiger partial charge in [0.2, 0.25) is 0 Å². The van der Waals surface area contributed by atoms with E-state index in [0.29, 0.717) is 6.04 Å². The molecule has 2 N–H and O–H groups in total. The van der Waals surface area contributed by atoms with Crippen LogP contribution in [0.1, 0.15) is 35.1 Å². The molecule has 1 aromatic rings. The number of aryl methyl sites for hydroxylation is 2. The van der Waals surface area contributed by atoms with E-state index in [1.165, 1.54) is 34.7 Å². The number of hydrogen-bond acceptors (Lipinski definition) is 3. The third kappa shape index (κ3) is 3.47. The van der Waals surface area contributed by atoms with Crippen molar-refractivity contribution in [3.05, 3.63) is 21.4 Å². The van der Waals surface area contributed by atoms with Gasteiger partial charge in [-0.15, -0.1) is 23.7 Å². The highest BCUT2D eigenvalue weighted by Gasteiger charge is 2.27. The summed E-state index contributed by atoms with van der Waals surface area (Å²) in [4.78, 5) is 5.48. The van der Waals surface area contributed by atoms with Crippen LogP contribution in [0.15, 0.2) is 6.07 Å². The fourth-order valence-electron chi connectivity index (χ4n) is 2.97. The normalized spacial score (nSPS) is 24.9. The van der Waals surface area contributed by atoms with E-state index in [0.717, 1.165) is 19.0 Å². The maximum Gasteiger partial charge on any atom is 0.0248 e. The second-order valence-corrected chi connectivity index (χ2v) is 6.79. The number of hydrogen-bond donors (Lipinski definition) is 1. The van der Waals surface area contributed by atoms with Gasteiger partial charge >= 0.3 is 0 Å². The third-order valence-corrected chi connectivity index (χ3v) is 5.00. The van der Waals surface area contributed by atoms with Crippen molar-refractivity contribution < 1.29 is 0 Å². The molecule has 0 bridgehead atoms.